The Hall–Kier alpha value is -6.75. The third-order valence-corrected chi connectivity index (χ3v) is 8.64. The number of carbonyl (C=O) groups excluding carboxylic acids is 3. The second kappa shape index (κ2) is 16.7. The maximum Gasteiger partial charge on any atom is 0.422 e. The van der Waals surface area contributed by atoms with Gasteiger partial charge in [-0.3, -0.25) is 14.4 Å². The summed E-state index contributed by atoms with van der Waals surface area (Å²) in [4.78, 5) is 62.3. The SMILES string of the molecule is O=C(NC[C@H](NC(=O)c1ccc(Nc2nc(NC3(c4ccc(Cl)cc4)CC3)nc(OCC(F)(F)F)n2)cc1)C(=O)O)C(=O)Nc1cccc(-c2ccccc2)c1. The smallest absolute Gasteiger partial charge is 0.422 e. The number of hydrogen-bond acceptors (Lipinski definition) is 10. The molecule has 0 saturated heterocycles. The molecule has 5 aromatic rings. The lowest BCUT2D eigenvalue weighted by atomic mass is 10.1. The lowest BCUT2D eigenvalue weighted by molar-refractivity contribution is -0.154. The van der Waals surface area contributed by atoms with Gasteiger partial charge < -0.3 is 36.4 Å². The number of halogens is 4. The Morgan fingerprint density at radius 2 is 1.48 bits per heavy atom. The van der Waals surface area contributed by atoms with E-state index in [4.69, 9.17) is 16.3 Å². The predicted molar refractivity (Wildman–Crippen MR) is 199 cm³/mol. The highest BCUT2D eigenvalue weighted by Crippen LogP contribution is 2.48. The monoisotopic (exact) mass is 788 g/mol. The molecule has 0 unspecified atom stereocenters. The van der Waals surface area contributed by atoms with Crippen LogP contribution in [0.15, 0.2) is 103 Å². The van der Waals surface area contributed by atoms with Crippen molar-refractivity contribution in [3.05, 3.63) is 119 Å². The maximum atomic E-state index is 13.0. The lowest BCUT2D eigenvalue weighted by Gasteiger charge is -2.19. The van der Waals surface area contributed by atoms with Crippen molar-refractivity contribution in [2.24, 2.45) is 0 Å². The summed E-state index contributed by atoms with van der Waals surface area (Å²) in [7, 11) is 0. The lowest BCUT2D eigenvalue weighted by Crippen LogP contribution is -2.50. The Kier molecular flexibility index (Phi) is 11.6. The van der Waals surface area contributed by atoms with Gasteiger partial charge in [0.05, 0.1) is 5.54 Å². The first-order valence-corrected chi connectivity index (χ1v) is 17.3. The molecule has 1 heterocycles. The molecule has 0 aliphatic heterocycles. The van der Waals surface area contributed by atoms with E-state index < -0.39 is 60.6 Å². The van der Waals surface area contributed by atoms with Crippen molar-refractivity contribution < 1.29 is 42.2 Å². The zero-order valence-electron chi connectivity index (χ0n) is 29.1. The van der Waals surface area contributed by atoms with E-state index in [0.717, 1.165) is 16.7 Å². The summed E-state index contributed by atoms with van der Waals surface area (Å²) in [6.45, 7) is -2.25. The molecule has 1 aliphatic carbocycles. The number of alkyl halides is 3. The van der Waals surface area contributed by atoms with Gasteiger partial charge in [0.1, 0.15) is 6.04 Å². The molecular weight excluding hydrogens is 757 g/mol. The highest BCUT2D eigenvalue weighted by molar-refractivity contribution is 6.39. The van der Waals surface area contributed by atoms with Gasteiger partial charge in [0.2, 0.25) is 11.9 Å². The summed E-state index contributed by atoms with van der Waals surface area (Å²) >= 11 is 6.02. The third-order valence-electron chi connectivity index (χ3n) is 8.38. The number of aliphatic carboxylic acids is 1. The molecule has 1 atom stereocenters. The number of nitrogens with one attached hydrogen (secondary N) is 5. The van der Waals surface area contributed by atoms with Crippen LogP contribution in [-0.2, 0) is 19.9 Å². The second-order valence-electron chi connectivity index (χ2n) is 12.6. The van der Waals surface area contributed by atoms with E-state index in [1.165, 1.54) is 24.3 Å². The molecule has 14 nitrogen and oxygen atoms in total. The minimum atomic E-state index is -4.65. The highest BCUT2D eigenvalue weighted by Gasteiger charge is 2.45. The number of carbonyl (C=O) groups is 4. The van der Waals surface area contributed by atoms with Crippen LogP contribution < -0.4 is 31.3 Å². The van der Waals surface area contributed by atoms with Gasteiger partial charge in [0.25, 0.3) is 5.91 Å². The van der Waals surface area contributed by atoms with Gasteiger partial charge >= 0.3 is 30.0 Å². The van der Waals surface area contributed by atoms with Gasteiger partial charge in [-0.1, -0.05) is 66.2 Å². The van der Waals surface area contributed by atoms with Crippen molar-refractivity contribution in [2.45, 2.75) is 30.6 Å². The van der Waals surface area contributed by atoms with Gasteiger partial charge in [-0.2, -0.15) is 28.1 Å². The number of anilines is 4. The molecule has 6 N–H and O–H groups in total. The van der Waals surface area contributed by atoms with E-state index in [1.54, 1.807) is 30.3 Å². The van der Waals surface area contributed by atoms with Gasteiger partial charge in [-0.25, -0.2) is 4.79 Å². The topological polar surface area (TPSA) is 197 Å². The quantitative estimate of drug-likeness (QED) is 0.0732. The number of ether oxygens (including phenoxy) is 1. The van der Waals surface area contributed by atoms with Gasteiger partial charge in [-0.05, 0) is 78.1 Å². The van der Waals surface area contributed by atoms with Gasteiger partial charge in [0, 0.05) is 28.5 Å². The first-order valence-electron chi connectivity index (χ1n) is 16.9. The number of rotatable bonds is 14. The van der Waals surface area contributed by atoms with Crippen molar-refractivity contribution in [3.63, 3.8) is 0 Å². The number of nitrogens with zero attached hydrogens (tertiary/aromatic N) is 3. The number of carboxylic acid groups (broad SMARTS) is 1. The molecule has 0 radical (unpaired) electrons. The van der Waals surface area contributed by atoms with Crippen molar-refractivity contribution >= 4 is 58.6 Å². The van der Waals surface area contributed by atoms with Crippen LogP contribution in [0.4, 0.5) is 36.4 Å². The van der Waals surface area contributed by atoms with E-state index in [9.17, 15) is 37.5 Å². The van der Waals surface area contributed by atoms with Crippen LogP contribution in [-0.4, -0.2) is 69.1 Å². The molecule has 4 aromatic carbocycles. The minimum absolute atomic E-state index is 0.0232. The summed E-state index contributed by atoms with van der Waals surface area (Å²) in [5.41, 5.74) is 2.68. The fourth-order valence-corrected chi connectivity index (χ4v) is 5.54. The summed E-state index contributed by atoms with van der Waals surface area (Å²) in [6.07, 6.45) is -3.26. The zero-order chi connectivity index (χ0) is 39.9. The molecule has 1 aliphatic rings. The zero-order valence-corrected chi connectivity index (χ0v) is 29.8. The molecule has 0 bridgehead atoms. The number of aromatic nitrogens is 3. The summed E-state index contributed by atoms with van der Waals surface area (Å²) < 4.78 is 43.7. The van der Waals surface area contributed by atoms with Crippen molar-refractivity contribution in [3.8, 4) is 17.1 Å². The number of carboxylic acids is 1. The standard InChI is InChI=1S/C38H32ClF3N8O6/c39-26-13-11-25(12-14-26)37(17-18-37)50-35-47-34(48-36(49-35)56-21-38(40,41)42)45-27-15-9-23(10-16-27)30(51)46-29(33(54)55)20-43-31(52)32(53)44-28-8-4-7-24(19-28)22-5-2-1-3-6-22/h1-16,19,29H,17-18,20-21H2,(H,43,52)(H,44,53)(H,46,51)(H,54,55)(H2,45,47,48,49,50)/t29-/m0/s1. The molecule has 1 fully saturated rings. The van der Waals surface area contributed by atoms with E-state index >= 15 is 0 Å². The van der Waals surface area contributed by atoms with Crippen LogP contribution in [0.25, 0.3) is 11.1 Å². The number of amides is 3. The number of benzene rings is 4. The minimum Gasteiger partial charge on any atom is -0.480 e. The average molecular weight is 789 g/mol. The van der Waals surface area contributed by atoms with Gasteiger partial charge in [-0.15, -0.1) is 0 Å². The molecular formula is C38H32ClF3N8O6. The molecule has 1 saturated carbocycles. The van der Waals surface area contributed by atoms with Crippen LogP contribution in [0, 0.1) is 0 Å². The Bertz CT molecular complexity index is 2220. The normalized spacial score (nSPS) is 13.4. The first kappa shape index (κ1) is 39.0. The summed E-state index contributed by atoms with van der Waals surface area (Å²) in [5.74, 6) is -4.66. The first-order chi connectivity index (χ1) is 26.7. The van der Waals surface area contributed by atoms with Crippen molar-refractivity contribution in [1.82, 2.24) is 25.6 Å². The second-order valence-corrected chi connectivity index (χ2v) is 13.0. The molecule has 6 rings (SSSR count). The van der Waals surface area contributed by atoms with Crippen LogP contribution in [0.1, 0.15) is 28.8 Å². The van der Waals surface area contributed by atoms with Gasteiger partial charge in [0.15, 0.2) is 6.61 Å². The van der Waals surface area contributed by atoms with E-state index in [-0.39, 0.29) is 17.5 Å². The summed E-state index contributed by atoms with van der Waals surface area (Å²) in [6, 6.07) is 26.6. The highest BCUT2D eigenvalue weighted by atomic mass is 35.5. The predicted octanol–water partition coefficient (Wildman–Crippen LogP) is 5.92. The van der Waals surface area contributed by atoms with Crippen molar-refractivity contribution in [2.75, 3.05) is 29.1 Å². The Labute approximate surface area is 321 Å². The molecule has 56 heavy (non-hydrogen) atoms. The largest absolute Gasteiger partial charge is 0.480 e. The molecule has 288 valence electrons. The number of hydrogen-bond donors (Lipinski definition) is 6. The maximum absolute atomic E-state index is 13.0. The molecule has 0 spiro atoms. The Morgan fingerprint density at radius 1 is 0.804 bits per heavy atom. The van der Waals surface area contributed by atoms with Crippen molar-refractivity contribution in [1.29, 1.82) is 0 Å². The Morgan fingerprint density at radius 3 is 2.14 bits per heavy atom. The Balaban J connectivity index is 1.06. The van der Waals surface area contributed by atoms with E-state index in [0.29, 0.717) is 29.2 Å². The van der Waals surface area contributed by atoms with E-state index in [1.807, 2.05) is 48.5 Å². The average Bonchev–Trinajstić information content (AvgIpc) is 3.96. The molecule has 18 heteroatoms. The van der Waals surface area contributed by atoms with Crippen LogP contribution >= 0.6 is 11.6 Å². The third kappa shape index (κ3) is 10.5. The van der Waals surface area contributed by atoms with Crippen LogP contribution in [0.2, 0.25) is 5.02 Å². The fraction of sp³-hybridized carbons (Fsp3) is 0.184. The molecule has 3 amide bonds. The fourth-order valence-electron chi connectivity index (χ4n) is 5.42. The van der Waals surface area contributed by atoms with Crippen LogP contribution in [0.3, 0.4) is 0 Å². The van der Waals surface area contributed by atoms with Crippen LogP contribution in [0.5, 0.6) is 6.01 Å². The van der Waals surface area contributed by atoms with E-state index in [2.05, 4.69) is 41.5 Å². The molecule has 1 aromatic heterocycles. The summed E-state index contributed by atoms with van der Waals surface area (Å²) in [5, 5.41) is 23.2.